The summed E-state index contributed by atoms with van der Waals surface area (Å²) >= 11 is 5.56. The van der Waals surface area contributed by atoms with E-state index in [2.05, 4.69) is 0 Å². The average molecular weight is 210 g/mol. The van der Waals surface area contributed by atoms with E-state index < -0.39 is 11.3 Å². The molecule has 3 nitrogen and oxygen atoms in total. The highest BCUT2D eigenvalue weighted by Gasteiger charge is 2.13. The van der Waals surface area contributed by atoms with E-state index in [1.54, 1.807) is 24.3 Å². The Hall–Kier alpha value is -1.53. The summed E-state index contributed by atoms with van der Waals surface area (Å²) in [6.07, 6.45) is 0.266. The van der Waals surface area contributed by atoms with E-state index in [1.807, 2.05) is 6.07 Å². The van der Waals surface area contributed by atoms with Crippen LogP contribution >= 0.6 is 11.6 Å². The molecule has 72 valence electrons. The minimum Gasteiger partial charge on any atom is -0.480 e. The zero-order chi connectivity index (χ0) is 10.6. The molecule has 0 saturated heterocycles. The maximum atomic E-state index is 10.4. The van der Waals surface area contributed by atoms with Gasteiger partial charge in [-0.3, -0.25) is 4.79 Å². The highest BCUT2D eigenvalue weighted by molar-refractivity contribution is 6.29. The molecule has 14 heavy (non-hydrogen) atoms. The van der Waals surface area contributed by atoms with Crippen molar-refractivity contribution in [1.29, 1.82) is 5.26 Å². The van der Waals surface area contributed by atoms with Crippen LogP contribution in [0.25, 0.3) is 0 Å². The minimum absolute atomic E-state index is 0.266. The first-order valence-electron chi connectivity index (χ1n) is 3.99. The Bertz CT molecular complexity index is 367. The molecule has 0 fully saturated rings. The molecule has 1 aromatic rings. The van der Waals surface area contributed by atoms with Gasteiger partial charge in [0.2, 0.25) is 0 Å². The van der Waals surface area contributed by atoms with Gasteiger partial charge in [0.1, 0.15) is 5.38 Å². The van der Waals surface area contributed by atoms with Gasteiger partial charge in [-0.15, -0.1) is 11.6 Å². The number of hydrogen-bond acceptors (Lipinski definition) is 2. The van der Waals surface area contributed by atoms with Crippen molar-refractivity contribution >= 4 is 17.6 Å². The third-order valence-electron chi connectivity index (χ3n) is 1.77. The number of carboxylic acids is 1. The monoisotopic (exact) mass is 209 g/mol. The number of alkyl halides is 1. The van der Waals surface area contributed by atoms with E-state index >= 15 is 0 Å². The van der Waals surface area contributed by atoms with Crippen LogP contribution in [0.2, 0.25) is 0 Å². The summed E-state index contributed by atoms with van der Waals surface area (Å²) < 4.78 is 0. The second-order valence-corrected chi connectivity index (χ2v) is 3.35. The fourth-order valence-electron chi connectivity index (χ4n) is 1.01. The zero-order valence-electron chi connectivity index (χ0n) is 7.27. The third kappa shape index (κ3) is 2.75. The van der Waals surface area contributed by atoms with Crippen molar-refractivity contribution in [1.82, 2.24) is 0 Å². The van der Waals surface area contributed by atoms with Gasteiger partial charge in [0, 0.05) is 0 Å². The van der Waals surface area contributed by atoms with Crippen molar-refractivity contribution in [2.75, 3.05) is 0 Å². The number of aliphatic carboxylic acids is 1. The predicted molar refractivity (Wildman–Crippen MR) is 52.1 cm³/mol. The van der Waals surface area contributed by atoms with Crippen LogP contribution in [0.3, 0.4) is 0 Å². The van der Waals surface area contributed by atoms with E-state index in [4.69, 9.17) is 22.0 Å². The van der Waals surface area contributed by atoms with E-state index in [9.17, 15) is 4.79 Å². The Morgan fingerprint density at radius 1 is 1.50 bits per heavy atom. The molecule has 4 heteroatoms. The van der Waals surface area contributed by atoms with E-state index in [0.29, 0.717) is 5.56 Å². The van der Waals surface area contributed by atoms with Crippen LogP contribution in [0, 0.1) is 11.3 Å². The highest BCUT2D eigenvalue weighted by atomic mass is 35.5. The first kappa shape index (κ1) is 10.6. The summed E-state index contributed by atoms with van der Waals surface area (Å²) in [4.78, 5) is 10.4. The third-order valence-corrected chi connectivity index (χ3v) is 2.11. The largest absolute Gasteiger partial charge is 0.480 e. The van der Waals surface area contributed by atoms with Crippen LogP contribution in [-0.4, -0.2) is 16.5 Å². The van der Waals surface area contributed by atoms with Crippen LogP contribution in [0.5, 0.6) is 0 Å². The maximum absolute atomic E-state index is 10.4. The van der Waals surface area contributed by atoms with Crippen molar-refractivity contribution in [3.05, 3.63) is 35.4 Å². The number of halogens is 1. The molecular formula is C10H8ClNO2. The molecule has 0 aliphatic carbocycles. The summed E-state index contributed by atoms with van der Waals surface area (Å²) in [6.45, 7) is 0. The first-order valence-corrected chi connectivity index (χ1v) is 4.43. The Balaban J connectivity index is 2.70. The van der Waals surface area contributed by atoms with Gasteiger partial charge in [0.05, 0.1) is 11.6 Å². The fourth-order valence-corrected chi connectivity index (χ4v) is 1.19. The Morgan fingerprint density at radius 3 is 2.50 bits per heavy atom. The van der Waals surface area contributed by atoms with Crippen molar-refractivity contribution in [2.24, 2.45) is 0 Å². The lowest BCUT2D eigenvalue weighted by molar-refractivity contribution is -0.136. The highest BCUT2D eigenvalue weighted by Crippen LogP contribution is 2.09. The molecule has 0 saturated carbocycles. The van der Waals surface area contributed by atoms with Gasteiger partial charge in [0.25, 0.3) is 0 Å². The Morgan fingerprint density at radius 2 is 2.07 bits per heavy atom. The van der Waals surface area contributed by atoms with Crippen molar-refractivity contribution in [2.45, 2.75) is 11.8 Å². The summed E-state index contributed by atoms with van der Waals surface area (Å²) in [5.74, 6) is -1.03. The topological polar surface area (TPSA) is 61.1 Å². The SMILES string of the molecule is N#Cc1ccc(CC(Cl)C(=O)O)cc1. The summed E-state index contributed by atoms with van der Waals surface area (Å²) in [7, 11) is 0. The molecular weight excluding hydrogens is 202 g/mol. The standard InChI is InChI=1S/C10H8ClNO2/c11-9(10(13)14)5-7-1-3-8(6-12)4-2-7/h1-4,9H,5H2,(H,13,14). The molecule has 1 atom stereocenters. The van der Waals surface area contributed by atoms with Gasteiger partial charge in [-0.25, -0.2) is 0 Å². The lowest BCUT2D eigenvalue weighted by Crippen LogP contribution is -2.15. The van der Waals surface area contributed by atoms with Crippen LogP contribution < -0.4 is 0 Å². The second kappa shape index (κ2) is 4.64. The Labute approximate surface area is 86.5 Å². The van der Waals surface area contributed by atoms with Crippen LogP contribution in [0.4, 0.5) is 0 Å². The van der Waals surface area contributed by atoms with Crippen LogP contribution in [-0.2, 0) is 11.2 Å². The predicted octanol–water partition coefficient (Wildman–Crippen LogP) is 1.79. The number of rotatable bonds is 3. The van der Waals surface area contributed by atoms with E-state index in [-0.39, 0.29) is 6.42 Å². The van der Waals surface area contributed by atoms with E-state index in [1.165, 1.54) is 0 Å². The first-order chi connectivity index (χ1) is 6.63. The number of benzene rings is 1. The number of nitrogens with zero attached hydrogens (tertiary/aromatic N) is 1. The van der Waals surface area contributed by atoms with Gasteiger partial charge in [-0.1, -0.05) is 12.1 Å². The van der Waals surface area contributed by atoms with Crippen molar-refractivity contribution < 1.29 is 9.90 Å². The van der Waals surface area contributed by atoms with Gasteiger partial charge < -0.3 is 5.11 Å². The molecule has 0 aliphatic rings. The normalized spacial score (nSPS) is 11.7. The van der Waals surface area contributed by atoms with Gasteiger partial charge in [-0.2, -0.15) is 5.26 Å². The lowest BCUT2D eigenvalue weighted by Gasteiger charge is -2.03. The van der Waals surface area contributed by atoms with Gasteiger partial charge in [-0.05, 0) is 24.1 Å². The number of hydrogen-bond donors (Lipinski definition) is 1. The van der Waals surface area contributed by atoms with Crippen molar-refractivity contribution in [3.8, 4) is 6.07 Å². The molecule has 1 N–H and O–H groups in total. The number of carboxylic acid groups (broad SMARTS) is 1. The molecule has 0 bridgehead atoms. The molecule has 0 radical (unpaired) electrons. The molecule has 1 aromatic carbocycles. The number of nitriles is 1. The molecule has 1 rings (SSSR count). The molecule has 0 amide bonds. The fraction of sp³-hybridized carbons (Fsp3) is 0.200. The summed E-state index contributed by atoms with van der Waals surface area (Å²) in [5, 5.41) is 16.2. The minimum atomic E-state index is -1.03. The molecule has 1 unspecified atom stereocenters. The summed E-state index contributed by atoms with van der Waals surface area (Å²) in [5.41, 5.74) is 1.36. The second-order valence-electron chi connectivity index (χ2n) is 2.82. The van der Waals surface area contributed by atoms with Crippen LogP contribution in [0.15, 0.2) is 24.3 Å². The van der Waals surface area contributed by atoms with Gasteiger partial charge in [0.15, 0.2) is 0 Å². The number of carbonyl (C=O) groups is 1. The van der Waals surface area contributed by atoms with Gasteiger partial charge >= 0.3 is 5.97 Å². The van der Waals surface area contributed by atoms with Crippen molar-refractivity contribution in [3.63, 3.8) is 0 Å². The zero-order valence-corrected chi connectivity index (χ0v) is 8.03. The average Bonchev–Trinajstić information content (AvgIpc) is 2.19. The van der Waals surface area contributed by atoms with Crippen LogP contribution in [0.1, 0.15) is 11.1 Å². The van der Waals surface area contributed by atoms with E-state index in [0.717, 1.165) is 5.56 Å². The quantitative estimate of drug-likeness (QED) is 0.773. The summed E-state index contributed by atoms with van der Waals surface area (Å²) in [6, 6.07) is 8.67. The molecule has 0 aromatic heterocycles. The molecule has 0 heterocycles. The maximum Gasteiger partial charge on any atom is 0.321 e. The Kier molecular flexibility index (Phi) is 3.49. The smallest absolute Gasteiger partial charge is 0.321 e. The molecule has 0 aliphatic heterocycles. The lowest BCUT2D eigenvalue weighted by atomic mass is 10.1. The molecule has 0 spiro atoms.